The summed E-state index contributed by atoms with van der Waals surface area (Å²) in [4.78, 5) is 14.9. The van der Waals surface area contributed by atoms with Crippen LogP contribution >= 0.6 is 11.3 Å². The maximum atomic E-state index is 13.4. The molecule has 5 rings (SSSR count). The third kappa shape index (κ3) is 5.09. The number of aromatic nitrogens is 2. The van der Waals surface area contributed by atoms with Crippen molar-refractivity contribution in [3.05, 3.63) is 70.1 Å². The average Bonchev–Trinajstić information content (AvgIpc) is 3.52. The van der Waals surface area contributed by atoms with Crippen LogP contribution in [0.25, 0.3) is 17.3 Å². The molecule has 5 nitrogen and oxygen atoms in total. The van der Waals surface area contributed by atoms with Crippen LogP contribution in [0.3, 0.4) is 0 Å². The van der Waals surface area contributed by atoms with E-state index in [0.717, 1.165) is 42.8 Å². The molecule has 10 heteroatoms. The summed E-state index contributed by atoms with van der Waals surface area (Å²) in [5.74, 6) is -2.61. The maximum Gasteiger partial charge on any atom is 0.490 e. The van der Waals surface area contributed by atoms with Crippen molar-refractivity contribution in [2.24, 2.45) is 11.3 Å². The van der Waals surface area contributed by atoms with Gasteiger partial charge in [-0.05, 0) is 68.0 Å². The van der Waals surface area contributed by atoms with Crippen molar-refractivity contribution in [2.45, 2.75) is 51.4 Å². The molecule has 0 bridgehead atoms. The van der Waals surface area contributed by atoms with E-state index < -0.39 is 12.1 Å². The number of methoxy groups -OCH3 is 1. The van der Waals surface area contributed by atoms with Gasteiger partial charge in [0.2, 0.25) is 0 Å². The third-order valence-electron chi connectivity index (χ3n) is 7.59. The number of rotatable bonds is 4. The number of carbonyl (C=O) groups is 1. The quantitative estimate of drug-likeness (QED) is 0.360. The van der Waals surface area contributed by atoms with Crippen LogP contribution in [-0.2, 0) is 21.7 Å². The second-order valence-corrected chi connectivity index (χ2v) is 10.7. The summed E-state index contributed by atoms with van der Waals surface area (Å²) in [6.07, 6.45) is 2.60. The number of fused-ring (bicyclic) bond motifs is 2. The van der Waals surface area contributed by atoms with Gasteiger partial charge in [-0.2, -0.15) is 13.2 Å². The molecule has 1 N–H and O–H groups in total. The molecule has 0 radical (unpaired) electrons. The van der Waals surface area contributed by atoms with Gasteiger partial charge >= 0.3 is 12.1 Å². The van der Waals surface area contributed by atoms with Gasteiger partial charge in [-0.3, -0.25) is 0 Å². The molecule has 0 amide bonds. The van der Waals surface area contributed by atoms with Crippen molar-refractivity contribution in [2.75, 3.05) is 7.11 Å². The Balaban J connectivity index is 0.000000405. The average molecular weight is 537 g/mol. The van der Waals surface area contributed by atoms with Gasteiger partial charge in [0.15, 0.2) is 0 Å². The highest BCUT2D eigenvalue weighted by molar-refractivity contribution is 7.10. The Labute approximate surface area is 216 Å². The third-order valence-corrected chi connectivity index (χ3v) is 8.68. The highest BCUT2D eigenvalue weighted by Gasteiger charge is 2.52. The van der Waals surface area contributed by atoms with Crippen LogP contribution in [0.1, 0.15) is 43.7 Å². The lowest BCUT2D eigenvalue weighted by atomic mass is 9.57. The fourth-order valence-electron chi connectivity index (χ4n) is 5.65. The minimum atomic E-state index is -5.08. The molecule has 1 saturated carbocycles. The van der Waals surface area contributed by atoms with E-state index in [2.05, 4.69) is 42.0 Å². The highest BCUT2D eigenvalue weighted by atomic mass is 32.1. The minimum absolute atomic E-state index is 0.000760. The number of aliphatic carboxylic acids is 1. The number of thiophene rings is 1. The first-order chi connectivity index (χ1) is 17.4. The van der Waals surface area contributed by atoms with E-state index >= 15 is 0 Å². The molecule has 3 heterocycles. The molecule has 3 aromatic rings. The number of hydrogen-bond donors (Lipinski definition) is 1. The van der Waals surface area contributed by atoms with E-state index in [9.17, 15) is 17.6 Å². The smallest absolute Gasteiger partial charge is 0.475 e. The lowest BCUT2D eigenvalue weighted by molar-refractivity contribution is -0.192. The van der Waals surface area contributed by atoms with Gasteiger partial charge in [0.25, 0.3) is 0 Å². The molecular weight excluding hydrogens is 508 g/mol. The predicted molar refractivity (Wildman–Crippen MR) is 133 cm³/mol. The van der Waals surface area contributed by atoms with Gasteiger partial charge in [0.05, 0.1) is 17.7 Å². The number of ether oxygens (including phenoxy) is 1. The van der Waals surface area contributed by atoms with Gasteiger partial charge in [-0.1, -0.05) is 18.6 Å². The van der Waals surface area contributed by atoms with Crippen LogP contribution < -0.4 is 0 Å². The molecule has 198 valence electrons. The topological polar surface area (TPSA) is 64.4 Å². The molecule has 1 aliphatic heterocycles. The number of halogens is 4. The highest BCUT2D eigenvalue weighted by Crippen LogP contribution is 2.57. The largest absolute Gasteiger partial charge is 0.490 e. The molecule has 0 spiro atoms. The zero-order valence-corrected chi connectivity index (χ0v) is 21.5. The van der Waals surface area contributed by atoms with Crippen LogP contribution in [0.4, 0.5) is 17.6 Å². The van der Waals surface area contributed by atoms with Crippen LogP contribution in [0, 0.1) is 17.2 Å². The van der Waals surface area contributed by atoms with Crippen molar-refractivity contribution in [3.63, 3.8) is 0 Å². The lowest BCUT2D eigenvalue weighted by Gasteiger charge is -2.52. The van der Waals surface area contributed by atoms with Crippen molar-refractivity contribution >= 4 is 23.4 Å². The van der Waals surface area contributed by atoms with E-state index in [1.54, 1.807) is 11.3 Å². The Morgan fingerprint density at radius 1 is 1.24 bits per heavy atom. The molecule has 1 aliphatic carbocycles. The maximum absolute atomic E-state index is 13.4. The number of carboxylic acids is 1. The fourth-order valence-corrected chi connectivity index (χ4v) is 6.57. The standard InChI is InChI=1S/C25H27FN2OS.C2HF3O2/c1-24-15-28-16-27-23(17-9-11-19(26)12-10-17)20(28)14-18(24)6-4-7-21(24)25(2,29-3)22-8-5-13-30-22;3-2(4,5)1(6)7/h5,8-14,16,21H,4,6-7,15H2,1-3H3;(H,6,7)/t21-,24-,25-;/m0./s1. The van der Waals surface area contributed by atoms with Crippen molar-refractivity contribution < 1.29 is 32.2 Å². The Morgan fingerprint density at radius 2 is 1.92 bits per heavy atom. The van der Waals surface area contributed by atoms with Gasteiger partial charge in [0, 0.05) is 35.4 Å². The number of carboxylic acid groups (broad SMARTS) is 1. The molecular formula is C27H28F4N2O3S. The molecule has 3 atom stereocenters. The Morgan fingerprint density at radius 3 is 2.49 bits per heavy atom. The van der Waals surface area contributed by atoms with Crippen molar-refractivity contribution in [1.82, 2.24) is 9.55 Å². The summed E-state index contributed by atoms with van der Waals surface area (Å²) in [5, 5.41) is 9.26. The number of nitrogens with zero attached hydrogens (tertiary/aromatic N) is 2. The number of hydrogen-bond acceptors (Lipinski definition) is 4. The van der Waals surface area contributed by atoms with Crippen LogP contribution in [-0.4, -0.2) is 33.9 Å². The molecule has 2 aliphatic rings. The minimum Gasteiger partial charge on any atom is -0.475 e. The lowest BCUT2D eigenvalue weighted by Crippen LogP contribution is -2.49. The number of allylic oxidation sites excluding steroid dienone is 1. The number of imidazole rings is 1. The van der Waals surface area contributed by atoms with E-state index in [0.29, 0.717) is 5.92 Å². The Bertz CT molecular complexity index is 1280. The molecule has 0 saturated heterocycles. The van der Waals surface area contributed by atoms with Crippen LogP contribution in [0.15, 0.2) is 53.7 Å². The van der Waals surface area contributed by atoms with E-state index in [1.165, 1.54) is 22.6 Å². The first-order valence-electron chi connectivity index (χ1n) is 11.8. The summed E-state index contributed by atoms with van der Waals surface area (Å²) < 4.78 is 53.6. The summed E-state index contributed by atoms with van der Waals surface area (Å²) in [5.41, 5.74) is 4.18. The monoisotopic (exact) mass is 536 g/mol. The predicted octanol–water partition coefficient (Wildman–Crippen LogP) is 7.15. The molecule has 0 unspecified atom stereocenters. The van der Waals surface area contributed by atoms with Gasteiger partial charge in [-0.15, -0.1) is 11.3 Å². The van der Waals surface area contributed by atoms with Crippen LogP contribution in [0.2, 0.25) is 0 Å². The second-order valence-electron chi connectivity index (χ2n) is 9.74. The Kier molecular flexibility index (Phi) is 7.36. The summed E-state index contributed by atoms with van der Waals surface area (Å²) in [6, 6.07) is 10.9. The first-order valence-corrected chi connectivity index (χ1v) is 12.7. The molecule has 1 fully saturated rings. The Hall–Kier alpha value is -2.98. The summed E-state index contributed by atoms with van der Waals surface area (Å²) in [7, 11) is 1.85. The number of benzene rings is 1. The van der Waals surface area contributed by atoms with E-state index in [4.69, 9.17) is 19.6 Å². The van der Waals surface area contributed by atoms with Crippen molar-refractivity contribution in [1.29, 1.82) is 0 Å². The fraction of sp³-hybridized carbons (Fsp3) is 0.407. The SMILES string of the molecule is CO[C@](C)(c1cccs1)[C@H]1CCCC2=Cc3c(-c4ccc(F)cc4)ncn3C[C@@]21C.O=C(O)C(F)(F)F. The zero-order chi connectivity index (χ0) is 27.0. The van der Waals surface area contributed by atoms with Crippen LogP contribution in [0.5, 0.6) is 0 Å². The summed E-state index contributed by atoms with van der Waals surface area (Å²) >= 11 is 1.78. The van der Waals surface area contributed by atoms with E-state index in [1.807, 2.05) is 25.6 Å². The van der Waals surface area contributed by atoms with Gasteiger partial charge in [-0.25, -0.2) is 14.2 Å². The molecule has 37 heavy (non-hydrogen) atoms. The van der Waals surface area contributed by atoms with E-state index in [-0.39, 0.29) is 16.8 Å². The summed E-state index contributed by atoms with van der Waals surface area (Å²) in [6.45, 7) is 5.54. The van der Waals surface area contributed by atoms with Crippen molar-refractivity contribution in [3.8, 4) is 11.3 Å². The molecule has 2 aromatic heterocycles. The number of alkyl halides is 3. The normalized spacial score (nSPS) is 22.6. The first kappa shape index (κ1) is 27.1. The van der Waals surface area contributed by atoms with Gasteiger partial charge < -0.3 is 14.4 Å². The molecule has 1 aromatic carbocycles. The zero-order valence-electron chi connectivity index (χ0n) is 20.7. The van der Waals surface area contributed by atoms with Gasteiger partial charge in [0.1, 0.15) is 11.4 Å². The second kappa shape index (κ2) is 10.1.